The maximum absolute atomic E-state index is 6.17. The maximum Gasteiger partial charge on any atom is 0.201 e. The summed E-state index contributed by atoms with van der Waals surface area (Å²) >= 11 is 6.17. The number of aromatic nitrogens is 2. The molecule has 0 amide bonds. The number of anilines is 1. The van der Waals surface area contributed by atoms with Crippen molar-refractivity contribution >= 4 is 28.6 Å². The summed E-state index contributed by atoms with van der Waals surface area (Å²) in [6.45, 7) is 1.85. The van der Waals surface area contributed by atoms with E-state index < -0.39 is 0 Å². The quantitative estimate of drug-likeness (QED) is 0.942. The number of fused-ring (bicyclic) bond motifs is 1. The molecule has 1 aliphatic rings. The summed E-state index contributed by atoms with van der Waals surface area (Å²) in [5, 5.41) is 0.664. The molecule has 1 saturated carbocycles. The highest BCUT2D eigenvalue weighted by Crippen LogP contribution is 2.26. The fraction of sp³-hybridized carbons (Fsp3) is 0.533. The van der Waals surface area contributed by atoms with Gasteiger partial charge in [-0.15, -0.1) is 0 Å². The molecule has 0 spiro atoms. The minimum atomic E-state index is 0.549. The van der Waals surface area contributed by atoms with Crippen molar-refractivity contribution in [1.82, 2.24) is 14.5 Å². The zero-order valence-corrected chi connectivity index (χ0v) is 12.6. The zero-order valence-electron chi connectivity index (χ0n) is 11.8. The summed E-state index contributed by atoms with van der Waals surface area (Å²) in [5.41, 5.74) is 7.86. The van der Waals surface area contributed by atoms with E-state index in [2.05, 4.69) is 21.5 Å². The lowest BCUT2D eigenvalue weighted by Crippen LogP contribution is -2.32. The lowest BCUT2D eigenvalue weighted by molar-refractivity contribution is 0.238. The molecule has 4 nitrogen and oxygen atoms in total. The number of hydrogen-bond acceptors (Lipinski definition) is 3. The van der Waals surface area contributed by atoms with Crippen molar-refractivity contribution in [1.29, 1.82) is 0 Å². The largest absolute Gasteiger partial charge is 0.369 e. The molecule has 20 heavy (non-hydrogen) atoms. The van der Waals surface area contributed by atoms with E-state index in [1.54, 1.807) is 0 Å². The first-order valence-electron chi connectivity index (χ1n) is 7.27. The van der Waals surface area contributed by atoms with Gasteiger partial charge < -0.3 is 15.2 Å². The Bertz CT molecular complexity index is 601. The summed E-state index contributed by atoms with van der Waals surface area (Å²) in [7, 11) is 2.21. The third kappa shape index (κ3) is 2.50. The van der Waals surface area contributed by atoms with Gasteiger partial charge >= 0.3 is 0 Å². The third-order valence-corrected chi connectivity index (χ3v) is 4.69. The first-order valence-corrected chi connectivity index (χ1v) is 7.65. The molecule has 2 N–H and O–H groups in total. The summed E-state index contributed by atoms with van der Waals surface area (Å²) in [5.74, 6) is 0.549. The fourth-order valence-electron chi connectivity index (χ4n) is 3.15. The highest BCUT2D eigenvalue weighted by atomic mass is 35.5. The number of benzene rings is 1. The van der Waals surface area contributed by atoms with E-state index in [9.17, 15) is 0 Å². The number of nitrogen functional groups attached to an aromatic ring is 1. The molecular weight excluding hydrogens is 272 g/mol. The number of nitrogens with zero attached hydrogens (tertiary/aromatic N) is 3. The molecule has 0 saturated heterocycles. The molecule has 108 valence electrons. The molecule has 2 aromatic rings. The van der Waals surface area contributed by atoms with E-state index >= 15 is 0 Å². The smallest absolute Gasteiger partial charge is 0.201 e. The van der Waals surface area contributed by atoms with Gasteiger partial charge in [-0.2, -0.15) is 0 Å². The van der Waals surface area contributed by atoms with Gasteiger partial charge in [0, 0.05) is 19.1 Å². The van der Waals surface area contributed by atoms with Crippen LogP contribution < -0.4 is 5.73 Å². The average Bonchev–Trinajstić information content (AvgIpc) is 3.05. The second-order valence-electron chi connectivity index (χ2n) is 5.65. The molecule has 5 heteroatoms. The molecule has 0 bridgehead atoms. The molecule has 0 unspecified atom stereocenters. The highest BCUT2D eigenvalue weighted by Gasteiger charge is 2.19. The lowest BCUT2D eigenvalue weighted by atomic mass is 10.2. The minimum Gasteiger partial charge on any atom is -0.369 e. The topological polar surface area (TPSA) is 47.1 Å². The van der Waals surface area contributed by atoms with Crippen molar-refractivity contribution in [2.45, 2.75) is 38.3 Å². The Morgan fingerprint density at radius 2 is 2.15 bits per heavy atom. The predicted octanol–water partition coefficient (Wildman–Crippen LogP) is 3.15. The lowest BCUT2D eigenvalue weighted by Gasteiger charge is -2.24. The summed E-state index contributed by atoms with van der Waals surface area (Å²) in [6.07, 6.45) is 5.37. The van der Waals surface area contributed by atoms with Crippen LogP contribution in [0.2, 0.25) is 5.02 Å². The van der Waals surface area contributed by atoms with Gasteiger partial charge in [-0.05, 0) is 32.0 Å². The van der Waals surface area contributed by atoms with Crippen LogP contribution in [0, 0.1) is 0 Å². The number of para-hydroxylation sites is 1. The summed E-state index contributed by atoms with van der Waals surface area (Å²) in [6, 6.07) is 6.56. The number of hydrogen-bond donors (Lipinski definition) is 1. The zero-order chi connectivity index (χ0) is 14.1. The van der Waals surface area contributed by atoms with Gasteiger partial charge in [-0.25, -0.2) is 4.98 Å². The first-order chi connectivity index (χ1) is 9.66. The standard InChI is InChI=1S/C15H21ClN4/c1-19(11-5-2-3-6-11)9-10-20-13-8-4-7-12(16)14(13)18-15(20)17/h4,7-8,11H,2-3,5-6,9-10H2,1H3,(H2,17,18). The van der Waals surface area contributed by atoms with Crippen LogP contribution in [0.1, 0.15) is 25.7 Å². The van der Waals surface area contributed by atoms with Crippen LogP contribution in [0.25, 0.3) is 11.0 Å². The van der Waals surface area contributed by atoms with Gasteiger partial charge in [-0.3, -0.25) is 0 Å². The number of halogens is 1. The molecule has 1 aromatic heterocycles. The van der Waals surface area contributed by atoms with E-state index in [1.807, 2.05) is 18.2 Å². The van der Waals surface area contributed by atoms with E-state index in [-0.39, 0.29) is 0 Å². The van der Waals surface area contributed by atoms with Crippen LogP contribution in [-0.4, -0.2) is 34.1 Å². The van der Waals surface area contributed by atoms with Gasteiger partial charge in [0.15, 0.2) is 0 Å². The van der Waals surface area contributed by atoms with Crippen LogP contribution in [0.5, 0.6) is 0 Å². The van der Waals surface area contributed by atoms with Crippen molar-refractivity contribution in [3.05, 3.63) is 23.2 Å². The van der Waals surface area contributed by atoms with Crippen LogP contribution in [0.3, 0.4) is 0 Å². The molecule has 1 heterocycles. The Morgan fingerprint density at radius 3 is 2.90 bits per heavy atom. The van der Waals surface area contributed by atoms with Crippen LogP contribution >= 0.6 is 11.6 Å². The SMILES string of the molecule is CN(CCn1c(N)nc2c(Cl)cccc21)C1CCCC1. The Hall–Kier alpha value is -1.26. The normalized spacial score (nSPS) is 16.6. The van der Waals surface area contributed by atoms with Crippen molar-refractivity contribution in [3.8, 4) is 0 Å². The van der Waals surface area contributed by atoms with E-state index in [1.165, 1.54) is 25.7 Å². The average molecular weight is 293 g/mol. The number of imidazole rings is 1. The van der Waals surface area contributed by atoms with E-state index in [0.717, 1.165) is 30.2 Å². The Labute approximate surface area is 124 Å². The summed E-state index contributed by atoms with van der Waals surface area (Å²) < 4.78 is 2.06. The van der Waals surface area contributed by atoms with Crippen molar-refractivity contribution in [2.24, 2.45) is 0 Å². The molecule has 0 aliphatic heterocycles. The molecular formula is C15H21ClN4. The summed E-state index contributed by atoms with van der Waals surface area (Å²) in [4.78, 5) is 6.83. The third-order valence-electron chi connectivity index (χ3n) is 4.38. The number of rotatable bonds is 4. The minimum absolute atomic E-state index is 0.549. The number of likely N-dealkylation sites (N-methyl/N-ethyl adjacent to an activating group) is 1. The van der Waals surface area contributed by atoms with Gasteiger partial charge in [0.25, 0.3) is 0 Å². The molecule has 1 fully saturated rings. The van der Waals surface area contributed by atoms with Crippen LogP contribution in [0.15, 0.2) is 18.2 Å². The Kier molecular flexibility index (Phi) is 3.85. The van der Waals surface area contributed by atoms with Gasteiger partial charge in [0.05, 0.1) is 10.5 Å². The van der Waals surface area contributed by atoms with Gasteiger partial charge in [-0.1, -0.05) is 30.5 Å². The molecule has 1 aliphatic carbocycles. The Balaban J connectivity index is 1.77. The second-order valence-corrected chi connectivity index (χ2v) is 6.06. The molecule has 0 radical (unpaired) electrons. The highest BCUT2D eigenvalue weighted by molar-refractivity contribution is 6.35. The van der Waals surface area contributed by atoms with Crippen LogP contribution in [-0.2, 0) is 6.54 Å². The molecule has 3 rings (SSSR count). The van der Waals surface area contributed by atoms with Crippen molar-refractivity contribution in [2.75, 3.05) is 19.3 Å². The second kappa shape index (κ2) is 5.62. The molecule has 1 aromatic carbocycles. The van der Waals surface area contributed by atoms with Crippen molar-refractivity contribution in [3.63, 3.8) is 0 Å². The van der Waals surface area contributed by atoms with E-state index in [4.69, 9.17) is 17.3 Å². The first kappa shape index (κ1) is 13.7. The molecule has 0 atom stereocenters. The van der Waals surface area contributed by atoms with E-state index in [0.29, 0.717) is 11.0 Å². The fourth-order valence-corrected chi connectivity index (χ4v) is 3.36. The predicted molar refractivity (Wildman–Crippen MR) is 84.0 cm³/mol. The monoisotopic (exact) mass is 292 g/mol. The maximum atomic E-state index is 6.17. The van der Waals surface area contributed by atoms with Gasteiger partial charge in [0.2, 0.25) is 5.95 Å². The number of nitrogens with two attached hydrogens (primary N) is 1. The van der Waals surface area contributed by atoms with Gasteiger partial charge in [0.1, 0.15) is 5.52 Å². The Morgan fingerprint density at radius 1 is 1.40 bits per heavy atom. The van der Waals surface area contributed by atoms with Crippen LogP contribution in [0.4, 0.5) is 5.95 Å². The van der Waals surface area contributed by atoms with Crippen molar-refractivity contribution < 1.29 is 0 Å².